The van der Waals surface area contributed by atoms with Crippen LogP contribution >= 0.6 is 11.8 Å². The van der Waals surface area contributed by atoms with E-state index in [0.29, 0.717) is 17.7 Å². The van der Waals surface area contributed by atoms with Crippen LogP contribution in [0.2, 0.25) is 0 Å². The van der Waals surface area contributed by atoms with E-state index in [2.05, 4.69) is 58.8 Å². The predicted octanol–water partition coefficient (Wildman–Crippen LogP) is 2.81. The van der Waals surface area contributed by atoms with Crippen LogP contribution in [0.15, 0.2) is 42.0 Å². The molecule has 1 fully saturated rings. The number of hydrogen-bond donors (Lipinski definition) is 1. The third-order valence-corrected chi connectivity index (χ3v) is 6.00. The number of hydrogen-bond acceptors (Lipinski definition) is 4. The molecular weight excluding hydrogens is 344 g/mol. The van der Waals surface area contributed by atoms with Gasteiger partial charge in [-0.3, -0.25) is 4.57 Å². The summed E-state index contributed by atoms with van der Waals surface area (Å²) in [6.07, 6.45) is 7.29. The van der Waals surface area contributed by atoms with Gasteiger partial charge in [0, 0.05) is 49.2 Å². The third kappa shape index (κ3) is 4.78. The zero-order chi connectivity index (χ0) is 18.4. The van der Waals surface area contributed by atoms with E-state index in [1.165, 1.54) is 0 Å². The summed E-state index contributed by atoms with van der Waals surface area (Å²) in [7, 11) is 0. The van der Waals surface area contributed by atoms with Gasteiger partial charge in [-0.15, -0.1) is 0 Å². The third-order valence-electron chi connectivity index (χ3n) is 4.46. The van der Waals surface area contributed by atoms with Gasteiger partial charge in [-0.05, 0) is 24.5 Å². The van der Waals surface area contributed by atoms with Crippen molar-refractivity contribution in [2.45, 2.75) is 32.6 Å². The monoisotopic (exact) mass is 372 g/mol. The Hall–Kier alpha value is -2.02. The van der Waals surface area contributed by atoms with Crippen molar-refractivity contribution >= 4 is 17.7 Å². The van der Waals surface area contributed by atoms with E-state index < -0.39 is 0 Å². The number of guanidine groups is 1. The van der Waals surface area contributed by atoms with Crippen LogP contribution in [-0.4, -0.2) is 56.0 Å². The van der Waals surface area contributed by atoms with Gasteiger partial charge in [-0.2, -0.15) is 11.8 Å². The maximum atomic E-state index is 4.86. The van der Waals surface area contributed by atoms with Crippen LogP contribution < -0.4 is 5.32 Å². The van der Waals surface area contributed by atoms with Crippen LogP contribution in [0.25, 0.3) is 5.82 Å². The van der Waals surface area contributed by atoms with E-state index in [1.54, 1.807) is 12.5 Å². The first-order valence-electron chi connectivity index (χ1n) is 9.25. The zero-order valence-corrected chi connectivity index (χ0v) is 16.6. The topological polar surface area (TPSA) is 58.3 Å². The molecule has 0 aliphatic carbocycles. The molecule has 0 saturated carbocycles. The summed E-state index contributed by atoms with van der Waals surface area (Å²) in [6, 6.07) is 4.09. The fraction of sp³-hybridized carbons (Fsp3) is 0.526. The van der Waals surface area contributed by atoms with Gasteiger partial charge in [-0.1, -0.05) is 19.9 Å². The highest BCUT2D eigenvalue weighted by Crippen LogP contribution is 2.25. The lowest BCUT2D eigenvalue weighted by Crippen LogP contribution is -2.49. The minimum Gasteiger partial charge on any atom is -0.357 e. The molecule has 1 aliphatic heterocycles. The lowest BCUT2D eigenvalue weighted by Gasteiger charge is -2.36. The Balaban J connectivity index is 1.67. The minimum absolute atomic E-state index is 0.634. The molecule has 1 unspecified atom stereocenters. The fourth-order valence-corrected chi connectivity index (χ4v) is 4.22. The number of aliphatic imine (C=N–C) groups is 1. The Bertz CT molecular complexity index is 695. The molecule has 0 aromatic carbocycles. The molecule has 0 bridgehead atoms. The summed E-state index contributed by atoms with van der Waals surface area (Å²) in [5.41, 5.74) is 1.11. The van der Waals surface area contributed by atoms with Gasteiger partial charge in [0.05, 0.1) is 6.54 Å². The largest absolute Gasteiger partial charge is 0.357 e. The molecule has 1 atom stereocenters. The van der Waals surface area contributed by atoms with Crippen LogP contribution in [-0.2, 0) is 6.54 Å². The lowest BCUT2D eigenvalue weighted by atomic mass is 10.1. The first-order chi connectivity index (χ1) is 12.7. The Labute approximate surface area is 160 Å². The van der Waals surface area contributed by atoms with Gasteiger partial charge < -0.3 is 10.2 Å². The normalized spacial score (nSPS) is 18.4. The molecule has 3 rings (SSSR count). The average molecular weight is 373 g/mol. The number of pyridine rings is 1. The highest BCUT2D eigenvalue weighted by atomic mass is 32.2. The molecule has 2 aromatic heterocycles. The molecule has 140 valence electrons. The van der Waals surface area contributed by atoms with E-state index in [4.69, 9.17) is 4.99 Å². The molecule has 26 heavy (non-hydrogen) atoms. The number of aromatic nitrogens is 3. The quantitative estimate of drug-likeness (QED) is 0.646. The van der Waals surface area contributed by atoms with Crippen molar-refractivity contribution in [1.82, 2.24) is 24.8 Å². The summed E-state index contributed by atoms with van der Waals surface area (Å²) in [4.78, 5) is 15.8. The van der Waals surface area contributed by atoms with Crippen LogP contribution in [0.1, 0.15) is 26.3 Å². The maximum Gasteiger partial charge on any atom is 0.194 e. The molecule has 1 saturated heterocycles. The van der Waals surface area contributed by atoms with E-state index in [9.17, 15) is 0 Å². The second-order valence-electron chi connectivity index (χ2n) is 6.76. The van der Waals surface area contributed by atoms with Crippen molar-refractivity contribution in [2.75, 3.05) is 25.4 Å². The Kier molecular flexibility index (Phi) is 6.55. The van der Waals surface area contributed by atoms with Crippen molar-refractivity contribution in [3.05, 3.63) is 42.6 Å². The van der Waals surface area contributed by atoms with Crippen molar-refractivity contribution in [2.24, 2.45) is 10.9 Å². The van der Waals surface area contributed by atoms with Gasteiger partial charge in [0.15, 0.2) is 5.96 Å². The first-order valence-corrected chi connectivity index (χ1v) is 10.3. The SMILES string of the molecule is CCNC(=NCc1ccc(-n2ccnc2)nc1)N1CCSC(C(C)C)C1. The molecule has 1 aliphatic rings. The maximum absolute atomic E-state index is 4.86. The molecule has 3 heterocycles. The Morgan fingerprint density at radius 1 is 1.42 bits per heavy atom. The summed E-state index contributed by atoms with van der Waals surface area (Å²) >= 11 is 2.08. The lowest BCUT2D eigenvalue weighted by molar-refractivity contribution is 0.381. The number of thioether (sulfide) groups is 1. The molecule has 6 nitrogen and oxygen atoms in total. The number of nitrogens with zero attached hydrogens (tertiary/aromatic N) is 5. The van der Waals surface area contributed by atoms with E-state index in [1.807, 2.05) is 23.0 Å². The minimum atomic E-state index is 0.634. The first kappa shape index (κ1) is 18.8. The van der Waals surface area contributed by atoms with Gasteiger partial charge in [0.1, 0.15) is 12.1 Å². The summed E-state index contributed by atoms with van der Waals surface area (Å²) in [5.74, 6) is 3.73. The van der Waals surface area contributed by atoms with Gasteiger partial charge in [0.2, 0.25) is 0 Å². The van der Waals surface area contributed by atoms with Crippen LogP contribution in [0.5, 0.6) is 0 Å². The van der Waals surface area contributed by atoms with Crippen LogP contribution in [0.3, 0.4) is 0 Å². The summed E-state index contributed by atoms with van der Waals surface area (Å²) in [6.45, 7) is 10.4. The molecule has 7 heteroatoms. The second-order valence-corrected chi connectivity index (χ2v) is 8.11. The predicted molar refractivity (Wildman–Crippen MR) is 109 cm³/mol. The highest BCUT2D eigenvalue weighted by Gasteiger charge is 2.24. The van der Waals surface area contributed by atoms with E-state index in [0.717, 1.165) is 42.7 Å². The zero-order valence-electron chi connectivity index (χ0n) is 15.8. The smallest absolute Gasteiger partial charge is 0.194 e. The van der Waals surface area contributed by atoms with Gasteiger partial charge in [-0.25, -0.2) is 15.0 Å². The molecule has 0 amide bonds. The van der Waals surface area contributed by atoms with Crippen molar-refractivity contribution in [3.63, 3.8) is 0 Å². The average Bonchev–Trinajstić information content (AvgIpc) is 3.20. The van der Waals surface area contributed by atoms with Crippen molar-refractivity contribution in [1.29, 1.82) is 0 Å². The van der Waals surface area contributed by atoms with Gasteiger partial charge in [0.25, 0.3) is 0 Å². The molecule has 0 radical (unpaired) electrons. The Morgan fingerprint density at radius 3 is 2.96 bits per heavy atom. The number of rotatable bonds is 5. The van der Waals surface area contributed by atoms with Gasteiger partial charge >= 0.3 is 0 Å². The summed E-state index contributed by atoms with van der Waals surface area (Å²) in [5, 5.41) is 4.12. The molecule has 0 spiro atoms. The molecular formula is C19H28N6S. The van der Waals surface area contributed by atoms with E-state index in [-0.39, 0.29) is 0 Å². The molecule has 2 aromatic rings. The number of imidazole rings is 1. The van der Waals surface area contributed by atoms with Crippen LogP contribution in [0, 0.1) is 5.92 Å². The van der Waals surface area contributed by atoms with Crippen molar-refractivity contribution < 1.29 is 0 Å². The fourth-order valence-electron chi connectivity index (χ4n) is 2.92. The second kappa shape index (κ2) is 9.07. The summed E-state index contributed by atoms with van der Waals surface area (Å²) < 4.78 is 1.90. The van der Waals surface area contributed by atoms with Crippen LogP contribution in [0.4, 0.5) is 0 Å². The number of nitrogens with one attached hydrogen (secondary N) is 1. The molecule has 1 N–H and O–H groups in total. The standard InChI is InChI=1S/C19H28N6S/c1-4-21-19(24-9-10-26-17(13-24)15(2)3)23-12-16-5-6-18(22-11-16)25-8-7-20-14-25/h5-8,11,14-15,17H,4,9-10,12-13H2,1-3H3,(H,21,23). The van der Waals surface area contributed by atoms with E-state index >= 15 is 0 Å². The highest BCUT2D eigenvalue weighted by molar-refractivity contribution is 8.00. The van der Waals surface area contributed by atoms with Crippen molar-refractivity contribution in [3.8, 4) is 5.82 Å². The Morgan fingerprint density at radius 2 is 2.31 bits per heavy atom.